The van der Waals surface area contributed by atoms with Gasteiger partial charge in [0, 0.05) is 19.3 Å². The van der Waals surface area contributed by atoms with Crippen molar-refractivity contribution in [3.05, 3.63) is 33.7 Å². The van der Waals surface area contributed by atoms with Crippen LogP contribution in [0.2, 0.25) is 0 Å². The standard InChI is InChI=1S/C13H19NO4/c1-9-5-6-10(12(16)17)11(15)14(9)8-7-13(2,3)18-4/h5-6H,7-8H2,1-4H3,(H,16,17). The normalized spacial score (nSPS) is 11.6. The number of ether oxygens (including phenoxy) is 1. The molecule has 0 unspecified atom stereocenters. The van der Waals surface area contributed by atoms with Crippen molar-refractivity contribution in [1.29, 1.82) is 0 Å². The first-order chi connectivity index (χ1) is 8.28. The van der Waals surface area contributed by atoms with E-state index in [0.717, 1.165) is 5.69 Å². The molecule has 0 radical (unpaired) electrons. The van der Waals surface area contributed by atoms with Crippen molar-refractivity contribution in [2.24, 2.45) is 0 Å². The van der Waals surface area contributed by atoms with Crippen LogP contribution in [-0.2, 0) is 11.3 Å². The maximum atomic E-state index is 12.0. The van der Waals surface area contributed by atoms with Crippen LogP contribution >= 0.6 is 0 Å². The lowest BCUT2D eigenvalue weighted by Gasteiger charge is -2.23. The monoisotopic (exact) mass is 253 g/mol. The molecule has 0 saturated carbocycles. The first-order valence-electron chi connectivity index (χ1n) is 5.77. The highest BCUT2D eigenvalue weighted by atomic mass is 16.5. The Kier molecular flexibility index (Phi) is 4.29. The van der Waals surface area contributed by atoms with E-state index < -0.39 is 11.5 Å². The van der Waals surface area contributed by atoms with E-state index in [9.17, 15) is 9.59 Å². The summed E-state index contributed by atoms with van der Waals surface area (Å²) in [6.07, 6.45) is 0.632. The van der Waals surface area contributed by atoms with Crippen LogP contribution in [0.15, 0.2) is 16.9 Å². The predicted octanol–water partition coefficient (Wildman–Crippen LogP) is 1.67. The zero-order valence-electron chi connectivity index (χ0n) is 11.2. The molecule has 100 valence electrons. The third-order valence-corrected chi connectivity index (χ3v) is 3.11. The van der Waals surface area contributed by atoms with E-state index in [1.807, 2.05) is 13.8 Å². The molecule has 5 heteroatoms. The number of hydrogen-bond acceptors (Lipinski definition) is 3. The average Bonchev–Trinajstić information content (AvgIpc) is 2.28. The van der Waals surface area contributed by atoms with Crippen LogP contribution in [-0.4, -0.2) is 28.4 Å². The molecule has 0 aliphatic heterocycles. The molecular formula is C13H19NO4. The molecule has 1 N–H and O–H groups in total. The van der Waals surface area contributed by atoms with Gasteiger partial charge in [-0.25, -0.2) is 4.79 Å². The average molecular weight is 253 g/mol. The number of nitrogens with zero attached hydrogens (tertiary/aromatic N) is 1. The minimum Gasteiger partial charge on any atom is -0.477 e. The van der Waals surface area contributed by atoms with Gasteiger partial charge in [-0.15, -0.1) is 0 Å². The van der Waals surface area contributed by atoms with Gasteiger partial charge in [0.15, 0.2) is 0 Å². The number of hydrogen-bond donors (Lipinski definition) is 1. The zero-order valence-corrected chi connectivity index (χ0v) is 11.2. The van der Waals surface area contributed by atoms with Crippen LogP contribution in [0.1, 0.15) is 36.3 Å². The molecule has 0 atom stereocenters. The highest BCUT2D eigenvalue weighted by Crippen LogP contribution is 2.14. The molecule has 0 saturated heterocycles. The molecule has 0 bridgehead atoms. The van der Waals surface area contributed by atoms with Gasteiger partial charge >= 0.3 is 5.97 Å². The van der Waals surface area contributed by atoms with E-state index in [0.29, 0.717) is 13.0 Å². The van der Waals surface area contributed by atoms with Gasteiger partial charge in [-0.2, -0.15) is 0 Å². The Labute approximate surface area is 106 Å². The van der Waals surface area contributed by atoms with Crippen LogP contribution < -0.4 is 5.56 Å². The Balaban J connectivity index is 3.06. The summed E-state index contributed by atoms with van der Waals surface area (Å²) in [4.78, 5) is 22.9. The summed E-state index contributed by atoms with van der Waals surface area (Å²) in [7, 11) is 1.61. The highest BCUT2D eigenvalue weighted by Gasteiger charge is 2.18. The second kappa shape index (κ2) is 5.35. The Morgan fingerprint density at radius 2 is 2.06 bits per heavy atom. The van der Waals surface area contributed by atoms with E-state index in [1.54, 1.807) is 20.1 Å². The number of carbonyl (C=O) groups is 1. The molecular weight excluding hydrogens is 234 g/mol. The molecule has 5 nitrogen and oxygen atoms in total. The summed E-state index contributed by atoms with van der Waals surface area (Å²) in [6, 6.07) is 2.99. The lowest BCUT2D eigenvalue weighted by molar-refractivity contribution is 0.0117. The molecule has 0 fully saturated rings. The number of pyridine rings is 1. The molecule has 0 spiro atoms. The van der Waals surface area contributed by atoms with Gasteiger partial charge in [0.2, 0.25) is 0 Å². The Morgan fingerprint density at radius 1 is 1.44 bits per heavy atom. The van der Waals surface area contributed by atoms with Crippen molar-refractivity contribution in [3.8, 4) is 0 Å². The SMILES string of the molecule is COC(C)(C)CCn1c(C)ccc(C(=O)O)c1=O. The largest absolute Gasteiger partial charge is 0.477 e. The van der Waals surface area contributed by atoms with Crippen LogP contribution in [0.5, 0.6) is 0 Å². The van der Waals surface area contributed by atoms with Crippen LogP contribution in [0.4, 0.5) is 0 Å². The lowest BCUT2D eigenvalue weighted by atomic mass is 10.1. The van der Waals surface area contributed by atoms with Crippen molar-refractivity contribution in [3.63, 3.8) is 0 Å². The second-order valence-electron chi connectivity index (χ2n) is 4.86. The van der Waals surface area contributed by atoms with Gasteiger partial charge in [0.05, 0.1) is 5.60 Å². The first-order valence-corrected chi connectivity index (χ1v) is 5.77. The van der Waals surface area contributed by atoms with E-state index in [2.05, 4.69) is 0 Å². The third-order valence-electron chi connectivity index (χ3n) is 3.11. The maximum Gasteiger partial charge on any atom is 0.341 e. The topological polar surface area (TPSA) is 68.5 Å². The fourth-order valence-corrected chi connectivity index (χ4v) is 1.59. The predicted molar refractivity (Wildman–Crippen MR) is 68.1 cm³/mol. The molecule has 1 heterocycles. The molecule has 0 amide bonds. The summed E-state index contributed by atoms with van der Waals surface area (Å²) < 4.78 is 6.76. The van der Waals surface area contributed by atoms with E-state index in [-0.39, 0.29) is 11.2 Å². The molecule has 0 aliphatic rings. The second-order valence-corrected chi connectivity index (χ2v) is 4.86. The molecule has 1 aromatic heterocycles. The Bertz CT molecular complexity index is 502. The smallest absolute Gasteiger partial charge is 0.341 e. The minimum atomic E-state index is -1.19. The van der Waals surface area contributed by atoms with E-state index >= 15 is 0 Å². The quantitative estimate of drug-likeness (QED) is 0.866. The van der Waals surface area contributed by atoms with Gasteiger partial charge in [-0.1, -0.05) is 0 Å². The summed E-state index contributed by atoms with van der Waals surface area (Å²) in [5, 5.41) is 8.92. The van der Waals surface area contributed by atoms with Crippen molar-refractivity contribution in [1.82, 2.24) is 4.57 Å². The zero-order chi connectivity index (χ0) is 13.9. The Morgan fingerprint density at radius 3 is 2.56 bits per heavy atom. The van der Waals surface area contributed by atoms with E-state index in [4.69, 9.17) is 9.84 Å². The van der Waals surface area contributed by atoms with E-state index in [1.165, 1.54) is 10.6 Å². The molecule has 1 aromatic rings. The van der Waals surface area contributed by atoms with Gasteiger partial charge < -0.3 is 14.4 Å². The number of aromatic carboxylic acids is 1. The lowest BCUT2D eigenvalue weighted by Crippen LogP contribution is -2.31. The summed E-state index contributed by atoms with van der Waals surface area (Å²) in [5.41, 5.74) is -0.257. The number of rotatable bonds is 5. The van der Waals surface area contributed by atoms with Crippen molar-refractivity contribution < 1.29 is 14.6 Å². The van der Waals surface area contributed by atoms with Gasteiger partial charge in [-0.05, 0) is 39.3 Å². The Hall–Kier alpha value is -1.62. The fourth-order valence-electron chi connectivity index (χ4n) is 1.59. The first kappa shape index (κ1) is 14.4. The van der Waals surface area contributed by atoms with Gasteiger partial charge in [0.25, 0.3) is 5.56 Å². The van der Waals surface area contributed by atoms with Crippen LogP contribution in [0.25, 0.3) is 0 Å². The van der Waals surface area contributed by atoms with Gasteiger partial charge in [0.1, 0.15) is 5.56 Å². The number of aromatic nitrogens is 1. The van der Waals surface area contributed by atoms with Crippen molar-refractivity contribution >= 4 is 5.97 Å². The van der Waals surface area contributed by atoms with Gasteiger partial charge in [-0.3, -0.25) is 4.79 Å². The molecule has 0 aromatic carbocycles. The summed E-state index contributed by atoms with van der Waals surface area (Å²) >= 11 is 0. The summed E-state index contributed by atoms with van der Waals surface area (Å²) in [5.74, 6) is -1.19. The third kappa shape index (κ3) is 3.20. The fraction of sp³-hybridized carbons (Fsp3) is 0.538. The summed E-state index contributed by atoms with van der Waals surface area (Å²) in [6.45, 7) is 6.07. The van der Waals surface area contributed by atoms with Crippen LogP contribution in [0, 0.1) is 6.92 Å². The number of methoxy groups -OCH3 is 1. The minimum absolute atomic E-state index is 0.198. The number of carboxylic acid groups (broad SMARTS) is 1. The van der Waals surface area contributed by atoms with Crippen molar-refractivity contribution in [2.45, 2.75) is 39.3 Å². The number of carboxylic acids is 1. The highest BCUT2D eigenvalue weighted by molar-refractivity contribution is 5.87. The number of aryl methyl sites for hydroxylation is 1. The van der Waals surface area contributed by atoms with Crippen LogP contribution in [0.3, 0.4) is 0 Å². The molecule has 1 rings (SSSR count). The maximum absolute atomic E-state index is 12.0. The molecule has 0 aliphatic carbocycles. The molecule has 18 heavy (non-hydrogen) atoms. The van der Waals surface area contributed by atoms with Crippen molar-refractivity contribution in [2.75, 3.05) is 7.11 Å².